The lowest BCUT2D eigenvalue weighted by atomic mass is 9.48. The summed E-state index contributed by atoms with van der Waals surface area (Å²) in [4.78, 5) is 0. The normalized spacial score (nSPS) is 48.0. The zero-order valence-electron chi connectivity index (χ0n) is 14.2. The Morgan fingerprint density at radius 3 is 2.67 bits per heavy atom. The summed E-state index contributed by atoms with van der Waals surface area (Å²) < 4.78 is 0. The second-order valence-electron chi connectivity index (χ2n) is 8.50. The van der Waals surface area contributed by atoms with Crippen molar-refractivity contribution in [2.45, 2.75) is 78.6 Å². The van der Waals surface area contributed by atoms with Gasteiger partial charge in [0.15, 0.2) is 0 Å². The van der Waals surface area contributed by atoms with E-state index in [0.717, 1.165) is 17.8 Å². The Morgan fingerprint density at radius 1 is 1.14 bits per heavy atom. The van der Waals surface area contributed by atoms with Gasteiger partial charge in [0.25, 0.3) is 0 Å². The molecule has 3 aliphatic carbocycles. The van der Waals surface area contributed by atoms with E-state index in [1.165, 1.54) is 57.8 Å². The average molecular weight is 305 g/mol. The van der Waals surface area contributed by atoms with Gasteiger partial charge in [-0.2, -0.15) is 0 Å². The molecule has 0 heterocycles. The molecule has 118 valence electrons. The Balaban J connectivity index is 1.93. The highest BCUT2D eigenvalue weighted by molar-refractivity contribution is 7.79. The molecular weight excluding hydrogens is 272 g/mol. The maximum absolute atomic E-state index is 5.16. The van der Waals surface area contributed by atoms with E-state index in [9.17, 15) is 0 Å². The first-order valence-electron chi connectivity index (χ1n) is 9.20. The van der Waals surface area contributed by atoms with E-state index in [1.807, 2.05) is 5.37 Å². The number of fused-ring (bicyclic) bond motifs is 3. The molecule has 0 radical (unpaired) electrons. The van der Waals surface area contributed by atoms with Crippen LogP contribution in [0.25, 0.3) is 0 Å². The molecule has 0 spiro atoms. The quantitative estimate of drug-likeness (QED) is 0.432. The van der Waals surface area contributed by atoms with Crippen LogP contribution in [0.2, 0.25) is 0 Å². The average Bonchev–Trinajstić information content (AvgIpc) is 2.84. The van der Waals surface area contributed by atoms with E-state index in [0.29, 0.717) is 10.8 Å². The first kappa shape index (κ1) is 15.7. The van der Waals surface area contributed by atoms with Crippen molar-refractivity contribution in [2.24, 2.45) is 28.6 Å². The SMILES string of the molecule is CCCC1(C)/C(=C\C=S)CCC2C3CCCC3(C)CCC21. The number of thiocarbonyl (C=S) groups is 1. The number of hydrogen-bond donors (Lipinski definition) is 0. The highest BCUT2D eigenvalue weighted by atomic mass is 32.1. The van der Waals surface area contributed by atoms with Crippen LogP contribution in [0.5, 0.6) is 0 Å². The molecule has 0 aromatic rings. The fourth-order valence-electron chi connectivity index (χ4n) is 6.54. The minimum absolute atomic E-state index is 0.427. The second kappa shape index (κ2) is 5.80. The van der Waals surface area contributed by atoms with E-state index in [-0.39, 0.29) is 0 Å². The molecule has 21 heavy (non-hydrogen) atoms. The zero-order chi connectivity index (χ0) is 15.1. The molecule has 0 aliphatic heterocycles. The third-order valence-corrected chi connectivity index (χ3v) is 7.69. The van der Waals surface area contributed by atoms with E-state index >= 15 is 0 Å². The lowest BCUT2D eigenvalue weighted by Crippen LogP contribution is -2.48. The van der Waals surface area contributed by atoms with E-state index in [2.05, 4.69) is 26.8 Å². The molecule has 0 aromatic heterocycles. The largest absolute Gasteiger partial charge is 0.0887 e. The van der Waals surface area contributed by atoms with Gasteiger partial charge in [0, 0.05) is 5.37 Å². The van der Waals surface area contributed by atoms with Crippen LogP contribution in [0, 0.1) is 28.6 Å². The third-order valence-electron chi connectivity index (χ3n) is 7.56. The van der Waals surface area contributed by atoms with Gasteiger partial charge in [0.05, 0.1) is 0 Å². The van der Waals surface area contributed by atoms with Crippen LogP contribution in [0.1, 0.15) is 78.6 Å². The Labute approximate surface area is 136 Å². The van der Waals surface area contributed by atoms with Crippen molar-refractivity contribution in [1.29, 1.82) is 0 Å². The molecule has 3 saturated carbocycles. The summed E-state index contributed by atoms with van der Waals surface area (Å²) in [5.74, 6) is 2.93. The molecule has 0 nitrogen and oxygen atoms in total. The summed E-state index contributed by atoms with van der Waals surface area (Å²) in [5.41, 5.74) is 2.78. The van der Waals surface area contributed by atoms with Crippen molar-refractivity contribution >= 4 is 17.6 Å². The fraction of sp³-hybridized carbons (Fsp3) is 0.850. The van der Waals surface area contributed by atoms with Gasteiger partial charge >= 0.3 is 0 Å². The lowest BCUT2D eigenvalue weighted by Gasteiger charge is -2.56. The molecule has 0 saturated heterocycles. The Bertz CT molecular complexity index is 437. The predicted octanol–water partition coefficient (Wildman–Crippen LogP) is 6.35. The van der Waals surface area contributed by atoms with E-state index in [4.69, 9.17) is 12.2 Å². The van der Waals surface area contributed by atoms with Gasteiger partial charge in [-0.1, -0.05) is 57.5 Å². The number of rotatable bonds is 3. The van der Waals surface area contributed by atoms with Crippen molar-refractivity contribution in [2.75, 3.05) is 0 Å². The second-order valence-corrected chi connectivity index (χ2v) is 8.77. The summed E-state index contributed by atoms with van der Waals surface area (Å²) in [5, 5.41) is 1.87. The Kier molecular flexibility index (Phi) is 4.34. The molecule has 0 bridgehead atoms. The molecule has 3 fully saturated rings. The Hall–Kier alpha value is -0.170. The molecule has 5 atom stereocenters. The van der Waals surface area contributed by atoms with Crippen molar-refractivity contribution in [3.8, 4) is 0 Å². The van der Waals surface area contributed by atoms with Gasteiger partial charge in [-0.15, -0.1) is 0 Å². The molecule has 3 rings (SSSR count). The summed E-state index contributed by atoms with van der Waals surface area (Å²) in [6, 6.07) is 0. The highest BCUT2D eigenvalue weighted by Gasteiger charge is 2.55. The third kappa shape index (κ3) is 2.44. The Morgan fingerprint density at radius 2 is 1.95 bits per heavy atom. The van der Waals surface area contributed by atoms with Crippen molar-refractivity contribution in [3.63, 3.8) is 0 Å². The van der Waals surface area contributed by atoms with Crippen LogP contribution >= 0.6 is 12.2 Å². The summed E-state index contributed by atoms with van der Waals surface area (Å²) in [7, 11) is 0. The maximum Gasteiger partial charge on any atom is 0.00132 e. The first-order chi connectivity index (χ1) is 10.0. The first-order valence-corrected chi connectivity index (χ1v) is 9.67. The number of allylic oxidation sites excluding steroid dienone is 2. The van der Waals surface area contributed by atoms with E-state index < -0.39 is 0 Å². The van der Waals surface area contributed by atoms with Crippen LogP contribution in [-0.4, -0.2) is 5.37 Å². The maximum atomic E-state index is 5.16. The van der Waals surface area contributed by atoms with Crippen molar-refractivity contribution in [3.05, 3.63) is 11.6 Å². The number of hydrogen-bond acceptors (Lipinski definition) is 1. The van der Waals surface area contributed by atoms with Crippen LogP contribution in [0.3, 0.4) is 0 Å². The standard InChI is InChI=1S/C20H32S/c1-4-11-20(3)15(10-14-21)7-8-16-17-6-5-12-19(17,2)13-9-18(16)20/h10,14,16-18H,4-9,11-13H2,1-3H3/b15-10-. The molecule has 5 unspecified atom stereocenters. The lowest BCUT2D eigenvalue weighted by molar-refractivity contribution is -0.0335. The van der Waals surface area contributed by atoms with Gasteiger partial charge in [-0.05, 0) is 73.5 Å². The highest BCUT2D eigenvalue weighted by Crippen LogP contribution is 2.64. The minimum atomic E-state index is 0.427. The molecule has 0 amide bonds. The topological polar surface area (TPSA) is 0 Å². The predicted molar refractivity (Wildman–Crippen MR) is 95.6 cm³/mol. The van der Waals surface area contributed by atoms with Gasteiger partial charge in [-0.25, -0.2) is 0 Å². The zero-order valence-corrected chi connectivity index (χ0v) is 15.0. The van der Waals surface area contributed by atoms with Gasteiger partial charge in [0.1, 0.15) is 0 Å². The van der Waals surface area contributed by atoms with Gasteiger partial charge < -0.3 is 0 Å². The summed E-state index contributed by atoms with van der Waals surface area (Å²) in [6.45, 7) is 7.52. The summed E-state index contributed by atoms with van der Waals surface area (Å²) >= 11 is 5.16. The molecule has 0 N–H and O–H groups in total. The molecule has 3 aliphatic rings. The van der Waals surface area contributed by atoms with Crippen LogP contribution in [0.15, 0.2) is 11.6 Å². The van der Waals surface area contributed by atoms with Crippen molar-refractivity contribution in [1.82, 2.24) is 0 Å². The van der Waals surface area contributed by atoms with Crippen molar-refractivity contribution < 1.29 is 0 Å². The van der Waals surface area contributed by atoms with Crippen LogP contribution < -0.4 is 0 Å². The van der Waals surface area contributed by atoms with Crippen LogP contribution in [-0.2, 0) is 0 Å². The molecule has 0 aromatic carbocycles. The minimum Gasteiger partial charge on any atom is -0.0887 e. The van der Waals surface area contributed by atoms with Crippen LogP contribution in [0.4, 0.5) is 0 Å². The smallest absolute Gasteiger partial charge is 0.00132 e. The van der Waals surface area contributed by atoms with E-state index in [1.54, 1.807) is 5.57 Å². The monoisotopic (exact) mass is 304 g/mol. The van der Waals surface area contributed by atoms with Gasteiger partial charge in [-0.3, -0.25) is 0 Å². The summed E-state index contributed by atoms with van der Waals surface area (Å²) in [6.07, 6.45) is 15.1. The van der Waals surface area contributed by atoms with Gasteiger partial charge in [0.2, 0.25) is 0 Å². The fourth-order valence-corrected chi connectivity index (χ4v) is 6.71. The molecule has 1 heteroatoms. The molecular formula is C20H32S.